The lowest BCUT2D eigenvalue weighted by Crippen LogP contribution is -2.33. The summed E-state index contributed by atoms with van der Waals surface area (Å²) >= 11 is 9.68. The van der Waals surface area contributed by atoms with Crippen molar-refractivity contribution in [2.45, 2.75) is 12.5 Å². The molecule has 0 aliphatic carbocycles. The molecule has 2 aliphatic heterocycles. The third kappa shape index (κ3) is 3.53. The number of carbonyl (C=O) groups is 2. The Balaban J connectivity index is 1.54. The quantitative estimate of drug-likeness (QED) is 0.450. The first-order chi connectivity index (χ1) is 15.3. The Morgan fingerprint density at radius 1 is 1.12 bits per heavy atom. The fraction of sp³-hybridized carbons (Fsp3) is 0.130. The average molecular weight is 519 g/mol. The molecule has 5 rings (SSSR count). The van der Waals surface area contributed by atoms with Gasteiger partial charge in [0.05, 0.1) is 6.04 Å². The zero-order valence-corrected chi connectivity index (χ0v) is 18.7. The Kier molecular flexibility index (Phi) is 5.14. The molecule has 3 aromatic rings. The molecule has 32 heavy (non-hydrogen) atoms. The van der Waals surface area contributed by atoms with Crippen molar-refractivity contribution in [2.75, 3.05) is 16.8 Å². The van der Waals surface area contributed by atoms with Gasteiger partial charge in [-0.25, -0.2) is 13.6 Å². The molecule has 9 heteroatoms. The number of halogens is 4. The van der Waals surface area contributed by atoms with Crippen molar-refractivity contribution in [3.63, 3.8) is 0 Å². The van der Waals surface area contributed by atoms with Gasteiger partial charge in [-0.3, -0.25) is 9.69 Å². The van der Waals surface area contributed by atoms with Crippen LogP contribution >= 0.6 is 27.5 Å². The van der Waals surface area contributed by atoms with E-state index in [1.165, 1.54) is 35.2 Å². The van der Waals surface area contributed by atoms with Crippen LogP contribution in [0.15, 0.2) is 53.0 Å². The van der Waals surface area contributed by atoms with Crippen LogP contribution in [0.5, 0.6) is 0 Å². The number of nitrogens with zero attached hydrogens (tertiary/aromatic N) is 1. The second-order valence-electron chi connectivity index (χ2n) is 7.59. The molecule has 0 aromatic heterocycles. The van der Waals surface area contributed by atoms with Crippen LogP contribution in [-0.4, -0.2) is 18.5 Å². The molecule has 1 atom stereocenters. The lowest BCUT2D eigenvalue weighted by Gasteiger charge is -2.22. The smallest absolute Gasteiger partial charge is 0.326 e. The van der Waals surface area contributed by atoms with Gasteiger partial charge in [0.15, 0.2) is 0 Å². The zero-order valence-electron chi connectivity index (χ0n) is 16.4. The molecule has 162 valence electrons. The fourth-order valence-electron chi connectivity index (χ4n) is 4.23. The predicted molar refractivity (Wildman–Crippen MR) is 121 cm³/mol. The zero-order chi connectivity index (χ0) is 22.6. The van der Waals surface area contributed by atoms with Gasteiger partial charge < -0.3 is 10.6 Å². The van der Waals surface area contributed by atoms with Crippen LogP contribution in [0.2, 0.25) is 5.02 Å². The van der Waals surface area contributed by atoms with Crippen LogP contribution in [0, 0.1) is 11.6 Å². The van der Waals surface area contributed by atoms with Gasteiger partial charge in [-0.2, -0.15) is 0 Å². The van der Waals surface area contributed by atoms with Crippen LogP contribution in [-0.2, 0) is 6.42 Å². The highest BCUT2D eigenvalue weighted by atomic mass is 79.9. The second-order valence-corrected chi connectivity index (χ2v) is 8.91. The van der Waals surface area contributed by atoms with Crippen LogP contribution < -0.4 is 15.5 Å². The summed E-state index contributed by atoms with van der Waals surface area (Å²) in [5.41, 5.74) is 3.01. The van der Waals surface area contributed by atoms with Gasteiger partial charge in [-0.15, -0.1) is 0 Å². The van der Waals surface area contributed by atoms with E-state index in [1.54, 1.807) is 18.2 Å². The maximum Gasteiger partial charge on any atom is 0.326 e. The number of urea groups is 1. The van der Waals surface area contributed by atoms with Gasteiger partial charge in [0.2, 0.25) is 0 Å². The van der Waals surface area contributed by atoms with Crippen molar-refractivity contribution in [3.8, 4) is 0 Å². The first-order valence-corrected chi connectivity index (χ1v) is 10.9. The van der Waals surface area contributed by atoms with Crippen LogP contribution in [0.3, 0.4) is 0 Å². The largest absolute Gasteiger partial charge is 0.341 e. The number of nitrogens with one attached hydrogen (secondary N) is 2. The van der Waals surface area contributed by atoms with Crippen LogP contribution in [0.25, 0.3) is 0 Å². The fourth-order valence-corrected chi connectivity index (χ4v) is 4.92. The summed E-state index contributed by atoms with van der Waals surface area (Å²) in [6.45, 7) is 0.400. The number of anilines is 2. The van der Waals surface area contributed by atoms with Gasteiger partial charge >= 0.3 is 6.03 Å². The summed E-state index contributed by atoms with van der Waals surface area (Å²) in [6, 6.07) is 10.4. The average Bonchev–Trinajstić information content (AvgIpc) is 3.30. The highest BCUT2D eigenvalue weighted by Crippen LogP contribution is 2.41. The number of carbonyl (C=O) groups excluding carboxylic acids is 2. The number of fused-ring (bicyclic) bond motifs is 2. The Morgan fingerprint density at radius 2 is 1.88 bits per heavy atom. The van der Waals surface area contributed by atoms with E-state index in [1.807, 2.05) is 0 Å². The lowest BCUT2D eigenvalue weighted by molar-refractivity contribution is 0.0960. The normalized spacial score (nSPS) is 16.6. The van der Waals surface area contributed by atoms with E-state index in [2.05, 4.69) is 26.6 Å². The summed E-state index contributed by atoms with van der Waals surface area (Å²) in [7, 11) is 0. The topological polar surface area (TPSA) is 61.4 Å². The molecule has 0 saturated carbocycles. The van der Waals surface area contributed by atoms with Crippen molar-refractivity contribution in [1.29, 1.82) is 0 Å². The van der Waals surface area contributed by atoms with E-state index in [-0.39, 0.29) is 11.7 Å². The Labute approximate surface area is 195 Å². The Hall–Kier alpha value is -2.97. The standard InChI is InChI=1S/C23H15BrClF2N3O2/c24-12-8-16-20(21(29-22(16)31)15-10-14(27)1-3-17(15)25)18(9-12)28-23(32)30-6-5-11-7-13(26)2-4-19(11)30/h1-4,7-10,21H,5-6H2,(H,28,32)(H,29,31). The van der Waals surface area contributed by atoms with E-state index in [4.69, 9.17) is 11.6 Å². The molecule has 1 unspecified atom stereocenters. The van der Waals surface area contributed by atoms with Crippen molar-refractivity contribution in [1.82, 2.24) is 5.32 Å². The summed E-state index contributed by atoms with van der Waals surface area (Å²) in [6.07, 6.45) is 0.540. The molecule has 0 radical (unpaired) electrons. The highest BCUT2D eigenvalue weighted by Gasteiger charge is 2.35. The van der Waals surface area contributed by atoms with Crippen LogP contribution in [0.4, 0.5) is 25.0 Å². The molecule has 3 aromatic carbocycles. The van der Waals surface area contributed by atoms with Gasteiger partial charge in [0.25, 0.3) is 5.91 Å². The minimum atomic E-state index is -0.732. The summed E-state index contributed by atoms with van der Waals surface area (Å²) in [5, 5.41) is 5.98. The molecule has 5 nitrogen and oxygen atoms in total. The van der Waals surface area contributed by atoms with Gasteiger partial charge in [-0.1, -0.05) is 27.5 Å². The Bertz CT molecular complexity index is 1300. The summed E-state index contributed by atoms with van der Waals surface area (Å²) in [5.74, 6) is -1.20. The first-order valence-electron chi connectivity index (χ1n) is 9.78. The van der Waals surface area contributed by atoms with E-state index in [9.17, 15) is 18.4 Å². The minimum absolute atomic E-state index is 0.292. The SMILES string of the molecule is O=C1NC(c2cc(F)ccc2Cl)c2c(NC(=O)N3CCc4cc(F)ccc43)cc(Br)cc21. The predicted octanol–water partition coefficient (Wildman–Crippen LogP) is 5.81. The molecular formula is C23H15BrClF2N3O2. The molecule has 3 amide bonds. The highest BCUT2D eigenvalue weighted by molar-refractivity contribution is 9.10. The monoisotopic (exact) mass is 517 g/mol. The molecule has 0 fully saturated rings. The van der Waals surface area contributed by atoms with E-state index in [0.717, 1.165) is 5.56 Å². The van der Waals surface area contributed by atoms with Gasteiger partial charge in [0.1, 0.15) is 11.6 Å². The molecule has 2 aliphatic rings. The number of rotatable bonds is 2. The van der Waals surface area contributed by atoms with Crippen molar-refractivity contribution in [3.05, 3.63) is 91.9 Å². The first kappa shape index (κ1) is 20.9. The molecule has 2 heterocycles. The number of benzene rings is 3. The van der Waals surface area contributed by atoms with Crippen LogP contribution in [0.1, 0.15) is 33.1 Å². The van der Waals surface area contributed by atoms with Crippen molar-refractivity contribution in [2.24, 2.45) is 0 Å². The lowest BCUT2D eigenvalue weighted by atomic mass is 9.96. The van der Waals surface area contributed by atoms with Crippen molar-refractivity contribution < 1.29 is 18.4 Å². The van der Waals surface area contributed by atoms with Gasteiger partial charge in [-0.05, 0) is 60.5 Å². The third-order valence-electron chi connectivity index (χ3n) is 5.65. The van der Waals surface area contributed by atoms with Gasteiger partial charge in [0, 0.05) is 44.1 Å². The molecule has 0 spiro atoms. The second kappa shape index (κ2) is 7.86. The van der Waals surface area contributed by atoms with E-state index in [0.29, 0.717) is 50.5 Å². The number of hydrogen-bond donors (Lipinski definition) is 2. The third-order valence-corrected chi connectivity index (χ3v) is 6.45. The molecule has 0 saturated heterocycles. The molecule has 2 N–H and O–H groups in total. The number of amides is 3. The Morgan fingerprint density at radius 3 is 2.69 bits per heavy atom. The minimum Gasteiger partial charge on any atom is -0.341 e. The maximum absolute atomic E-state index is 13.9. The molecular weight excluding hydrogens is 504 g/mol. The summed E-state index contributed by atoms with van der Waals surface area (Å²) in [4.78, 5) is 27.3. The summed E-state index contributed by atoms with van der Waals surface area (Å²) < 4.78 is 28.1. The van der Waals surface area contributed by atoms with E-state index >= 15 is 0 Å². The molecule has 0 bridgehead atoms. The maximum atomic E-state index is 13.9. The van der Waals surface area contributed by atoms with E-state index < -0.39 is 17.9 Å². The number of hydrogen-bond acceptors (Lipinski definition) is 2. The van der Waals surface area contributed by atoms with Crippen molar-refractivity contribution >= 4 is 50.8 Å².